The largest absolute Gasteiger partial charge is 0.504 e. The van der Waals surface area contributed by atoms with E-state index in [4.69, 9.17) is 15.7 Å². The van der Waals surface area contributed by atoms with Crippen LogP contribution in [0.1, 0.15) is 18.0 Å². The summed E-state index contributed by atoms with van der Waals surface area (Å²) < 4.78 is 4.93. The molecule has 0 spiro atoms. The average molecular weight is 192 g/mol. The second-order valence-electron chi connectivity index (χ2n) is 2.87. The second kappa shape index (κ2) is 4.49. The molecule has 3 N–H and O–H groups in total. The highest BCUT2D eigenvalue weighted by Gasteiger charge is 2.13. The molecule has 1 atom stereocenters. The first kappa shape index (κ1) is 10.4. The summed E-state index contributed by atoms with van der Waals surface area (Å²) in [5.74, 6) is 0.383. The topological polar surface area (TPSA) is 79.3 Å². The van der Waals surface area contributed by atoms with E-state index < -0.39 is 6.04 Å². The smallest absolute Gasteiger partial charge is 0.162 e. The highest BCUT2D eigenvalue weighted by molar-refractivity contribution is 5.46. The van der Waals surface area contributed by atoms with Gasteiger partial charge in [-0.1, -0.05) is 12.1 Å². The maximum atomic E-state index is 9.67. The van der Waals surface area contributed by atoms with E-state index in [2.05, 4.69) is 0 Å². The molecular formula is C10H12N2O2. The molecule has 0 amide bonds. The molecule has 1 rings (SSSR count). The molecule has 0 aliphatic heterocycles. The summed E-state index contributed by atoms with van der Waals surface area (Å²) in [6.45, 7) is 0. The monoisotopic (exact) mass is 192 g/mol. The van der Waals surface area contributed by atoms with Crippen molar-refractivity contribution in [2.24, 2.45) is 5.73 Å². The van der Waals surface area contributed by atoms with Gasteiger partial charge in [0.2, 0.25) is 0 Å². The number of para-hydroxylation sites is 1. The summed E-state index contributed by atoms with van der Waals surface area (Å²) in [5, 5.41) is 18.1. The van der Waals surface area contributed by atoms with Crippen LogP contribution in [0.5, 0.6) is 11.5 Å². The van der Waals surface area contributed by atoms with Gasteiger partial charge in [0.1, 0.15) is 0 Å². The predicted octanol–water partition coefficient (Wildman–Crippen LogP) is 1.31. The molecule has 4 heteroatoms. The molecule has 0 aromatic heterocycles. The SMILES string of the molecule is COc1cccc(C(N)CC#N)c1O. The van der Waals surface area contributed by atoms with Crippen LogP contribution in [0.2, 0.25) is 0 Å². The van der Waals surface area contributed by atoms with E-state index in [1.807, 2.05) is 6.07 Å². The molecule has 1 unspecified atom stereocenters. The lowest BCUT2D eigenvalue weighted by Crippen LogP contribution is -2.09. The van der Waals surface area contributed by atoms with E-state index >= 15 is 0 Å². The fourth-order valence-corrected chi connectivity index (χ4v) is 1.21. The molecule has 74 valence electrons. The lowest BCUT2D eigenvalue weighted by molar-refractivity contribution is 0.368. The number of ether oxygens (including phenoxy) is 1. The Hall–Kier alpha value is -1.73. The van der Waals surface area contributed by atoms with Crippen molar-refractivity contribution in [3.63, 3.8) is 0 Å². The first-order chi connectivity index (χ1) is 6.70. The van der Waals surface area contributed by atoms with Crippen LogP contribution in [0.25, 0.3) is 0 Å². The van der Waals surface area contributed by atoms with Gasteiger partial charge in [0.25, 0.3) is 0 Å². The Morgan fingerprint density at radius 1 is 1.64 bits per heavy atom. The Morgan fingerprint density at radius 2 is 2.36 bits per heavy atom. The first-order valence-corrected chi connectivity index (χ1v) is 4.19. The summed E-state index contributed by atoms with van der Waals surface area (Å²) in [4.78, 5) is 0. The van der Waals surface area contributed by atoms with Gasteiger partial charge in [-0.25, -0.2) is 0 Å². The maximum absolute atomic E-state index is 9.67. The molecule has 0 saturated carbocycles. The van der Waals surface area contributed by atoms with Crippen LogP contribution >= 0.6 is 0 Å². The molecule has 4 nitrogen and oxygen atoms in total. The molecule has 0 heterocycles. The number of methoxy groups -OCH3 is 1. The lowest BCUT2D eigenvalue weighted by atomic mass is 10.0. The van der Waals surface area contributed by atoms with E-state index in [1.54, 1.807) is 18.2 Å². The summed E-state index contributed by atoms with van der Waals surface area (Å²) >= 11 is 0. The van der Waals surface area contributed by atoms with Crippen molar-refractivity contribution < 1.29 is 9.84 Å². The van der Waals surface area contributed by atoms with Crippen molar-refractivity contribution in [1.29, 1.82) is 5.26 Å². The molecule has 1 aromatic carbocycles. The number of aromatic hydroxyl groups is 1. The Bertz CT molecular complexity index is 358. The normalized spacial score (nSPS) is 11.8. The number of phenols is 1. The van der Waals surface area contributed by atoms with Gasteiger partial charge in [0.15, 0.2) is 11.5 Å². The Morgan fingerprint density at radius 3 is 2.93 bits per heavy atom. The Balaban J connectivity index is 3.04. The second-order valence-corrected chi connectivity index (χ2v) is 2.87. The van der Waals surface area contributed by atoms with Crippen LogP contribution in [0.3, 0.4) is 0 Å². The van der Waals surface area contributed by atoms with Gasteiger partial charge >= 0.3 is 0 Å². The van der Waals surface area contributed by atoms with Crippen LogP contribution in [0.4, 0.5) is 0 Å². The Kier molecular flexibility index (Phi) is 3.32. The molecule has 0 aliphatic carbocycles. The van der Waals surface area contributed by atoms with Crippen molar-refractivity contribution >= 4 is 0 Å². The van der Waals surface area contributed by atoms with E-state index in [-0.39, 0.29) is 12.2 Å². The van der Waals surface area contributed by atoms with Crippen LogP contribution < -0.4 is 10.5 Å². The minimum atomic E-state index is -0.477. The third-order valence-corrected chi connectivity index (χ3v) is 1.96. The summed E-state index contributed by atoms with van der Waals surface area (Å²) in [6, 6.07) is 6.52. The number of phenolic OH excluding ortho intramolecular Hbond substituents is 1. The van der Waals surface area contributed by atoms with Crippen molar-refractivity contribution in [2.45, 2.75) is 12.5 Å². The zero-order valence-corrected chi connectivity index (χ0v) is 7.90. The van der Waals surface area contributed by atoms with Gasteiger partial charge in [-0.2, -0.15) is 5.26 Å². The third kappa shape index (κ3) is 1.95. The summed E-state index contributed by atoms with van der Waals surface area (Å²) in [5.41, 5.74) is 6.23. The maximum Gasteiger partial charge on any atom is 0.162 e. The van der Waals surface area contributed by atoms with Crippen LogP contribution in [-0.4, -0.2) is 12.2 Å². The van der Waals surface area contributed by atoms with Crippen molar-refractivity contribution in [3.05, 3.63) is 23.8 Å². The van der Waals surface area contributed by atoms with E-state index in [0.717, 1.165) is 0 Å². The van der Waals surface area contributed by atoms with E-state index in [0.29, 0.717) is 11.3 Å². The number of nitrogens with zero attached hydrogens (tertiary/aromatic N) is 1. The van der Waals surface area contributed by atoms with Crippen molar-refractivity contribution in [2.75, 3.05) is 7.11 Å². The minimum absolute atomic E-state index is 0.0118. The lowest BCUT2D eigenvalue weighted by Gasteiger charge is -2.12. The van der Waals surface area contributed by atoms with Crippen LogP contribution in [0.15, 0.2) is 18.2 Å². The zero-order chi connectivity index (χ0) is 10.6. The fraction of sp³-hybridized carbons (Fsp3) is 0.300. The molecule has 0 aliphatic rings. The van der Waals surface area contributed by atoms with Gasteiger partial charge in [-0.3, -0.25) is 0 Å². The predicted molar refractivity (Wildman–Crippen MR) is 51.8 cm³/mol. The highest BCUT2D eigenvalue weighted by Crippen LogP contribution is 2.33. The van der Waals surface area contributed by atoms with Gasteiger partial charge in [-0.05, 0) is 6.07 Å². The molecule has 0 saturated heterocycles. The van der Waals surface area contributed by atoms with Crippen molar-refractivity contribution in [1.82, 2.24) is 0 Å². The number of rotatable bonds is 3. The van der Waals surface area contributed by atoms with E-state index in [1.165, 1.54) is 7.11 Å². The highest BCUT2D eigenvalue weighted by atomic mass is 16.5. The van der Waals surface area contributed by atoms with Gasteiger partial charge in [0, 0.05) is 11.6 Å². The number of benzene rings is 1. The first-order valence-electron chi connectivity index (χ1n) is 4.19. The third-order valence-electron chi connectivity index (χ3n) is 1.96. The number of hydrogen-bond acceptors (Lipinski definition) is 4. The minimum Gasteiger partial charge on any atom is -0.504 e. The number of nitrogens with two attached hydrogens (primary N) is 1. The van der Waals surface area contributed by atoms with Crippen LogP contribution in [0, 0.1) is 11.3 Å². The summed E-state index contributed by atoms with van der Waals surface area (Å²) in [7, 11) is 1.47. The van der Waals surface area contributed by atoms with Crippen LogP contribution in [-0.2, 0) is 0 Å². The molecule has 0 bridgehead atoms. The molecule has 0 radical (unpaired) electrons. The Labute approximate surface area is 82.5 Å². The number of nitriles is 1. The molecule has 0 fully saturated rings. The standard InChI is InChI=1S/C10H12N2O2/c1-14-9-4-2-3-7(10(9)13)8(12)5-6-11/h2-4,8,13H,5,12H2,1H3. The average Bonchev–Trinajstić information content (AvgIpc) is 2.18. The van der Waals surface area contributed by atoms with Crippen molar-refractivity contribution in [3.8, 4) is 17.6 Å². The van der Waals surface area contributed by atoms with Gasteiger partial charge in [-0.15, -0.1) is 0 Å². The number of hydrogen-bond donors (Lipinski definition) is 2. The van der Waals surface area contributed by atoms with Gasteiger partial charge < -0.3 is 15.6 Å². The molecular weight excluding hydrogens is 180 g/mol. The summed E-state index contributed by atoms with van der Waals surface area (Å²) in [6.07, 6.45) is 0.167. The zero-order valence-electron chi connectivity index (χ0n) is 7.90. The molecule has 1 aromatic rings. The quantitative estimate of drug-likeness (QED) is 0.756. The van der Waals surface area contributed by atoms with Gasteiger partial charge in [0.05, 0.1) is 19.6 Å². The fourth-order valence-electron chi connectivity index (χ4n) is 1.21. The van der Waals surface area contributed by atoms with E-state index in [9.17, 15) is 5.11 Å². The molecule has 14 heavy (non-hydrogen) atoms.